The maximum Gasteiger partial charge on any atom is 0.339 e. The van der Waals surface area contributed by atoms with Gasteiger partial charge >= 0.3 is 5.97 Å². The lowest BCUT2D eigenvalue weighted by Crippen LogP contribution is -2.37. The molecule has 0 aliphatic carbocycles. The molecular weight excluding hydrogens is 408 g/mol. The van der Waals surface area contributed by atoms with Crippen molar-refractivity contribution in [2.45, 2.75) is 0 Å². The molecule has 31 heavy (non-hydrogen) atoms. The van der Waals surface area contributed by atoms with Crippen molar-refractivity contribution in [1.82, 2.24) is 0 Å². The summed E-state index contributed by atoms with van der Waals surface area (Å²) in [5, 5.41) is 2.57. The van der Waals surface area contributed by atoms with Gasteiger partial charge in [-0.05, 0) is 12.1 Å². The van der Waals surface area contributed by atoms with Crippen molar-refractivity contribution in [2.24, 2.45) is 0 Å². The monoisotopic (exact) mass is 428 g/mol. The number of nitrogens with one attached hydrogen (secondary N) is 1. The Hall–Kier alpha value is -4.08. The summed E-state index contributed by atoms with van der Waals surface area (Å²) in [6.45, 7) is -0.480. The Morgan fingerprint density at radius 3 is 2.26 bits per heavy atom. The molecule has 0 bridgehead atoms. The number of Topliss-reactive ketones (excluding diaryl/α,β-unsaturated/α-hetero) is 1. The molecule has 0 saturated heterocycles. The van der Waals surface area contributed by atoms with Crippen LogP contribution in [0.15, 0.2) is 30.3 Å². The van der Waals surface area contributed by atoms with Crippen molar-refractivity contribution in [1.29, 1.82) is 0 Å². The number of para-hydroxylation sites is 1. The fourth-order valence-corrected chi connectivity index (χ4v) is 3.28. The van der Waals surface area contributed by atoms with Gasteiger partial charge in [-0.3, -0.25) is 19.3 Å². The molecule has 1 aliphatic rings. The van der Waals surface area contributed by atoms with Crippen LogP contribution in [0.1, 0.15) is 20.7 Å². The molecule has 3 rings (SSSR count). The van der Waals surface area contributed by atoms with Gasteiger partial charge < -0.3 is 24.3 Å². The third kappa shape index (κ3) is 3.75. The fraction of sp³-hybridized carbons (Fsp3) is 0.238. The number of carbonyl (C=O) groups is 4. The molecule has 10 nitrogen and oxygen atoms in total. The molecule has 0 aromatic heterocycles. The Kier molecular flexibility index (Phi) is 6.10. The van der Waals surface area contributed by atoms with Crippen LogP contribution in [0.2, 0.25) is 0 Å². The number of hydrogen-bond donors (Lipinski definition) is 1. The summed E-state index contributed by atoms with van der Waals surface area (Å²) in [7, 11) is 5.32. The van der Waals surface area contributed by atoms with Gasteiger partial charge in [0, 0.05) is 6.07 Å². The van der Waals surface area contributed by atoms with Gasteiger partial charge in [-0.2, -0.15) is 0 Å². The number of ether oxygens (including phenoxy) is 4. The number of rotatable bonds is 7. The number of carbonyl (C=O) groups excluding carboxylic acids is 4. The number of nitrogens with zero attached hydrogens (tertiary/aromatic N) is 1. The average molecular weight is 428 g/mol. The van der Waals surface area contributed by atoms with Crippen molar-refractivity contribution < 1.29 is 38.1 Å². The lowest BCUT2D eigenvalue weighted by molar-refractivity contribution is -0.118. The van der Waals surface area contributed by atoms with Crippen molar-refractivity contribution >= 4 is 34.9 Å². The van der Waals surface area contributed by atoms with E-state index in [1.807, 2.05) is 0 Å². The highest BCUT2D eigenvalue weighted by molar-refractivity contribution is 6.53. The van der Waals surface area contributed by atoms with E-state index in [0.717, 1.165) is 4.90 Å². The molecule has 2 aromatic rings. The normalized spacial score (nSPS) is 12.3. The second-order valence-corrected chi connectivity index (χ2v) is 6.35. The largest absolute Gasteiger partial charge is 0.493 e. The summed E-state index contributed by atoms with van der Waals surface area (Å²) >= 11 is 0. The maximum atomic E-state index is 12.7. The third-order valence-corrected chi connectivity index (χ3v) is 4.67. The number of fused-ring (bicyclic) bond motifs is 1. The molecule has 2 amide bonds. The number of benzene rings is 2. The number of esters is 1. The first kappa shape index (κ1) is 21.6. The van der Waals surface area contributed by atoms with Gasteiger partial charge in [0.05, 0.1) is 50.9 Å². The zero-order valence-electron chi connectivity index (χ0n) is 17.3. The Morgan fingerprint density at radius 2 is 1.65 bits per heavy atom. The van der Waals surface area contributed by atoms with E-state index in [1.54, 1.807) is 12.1 Å². The lowest BCUT2D eigenvalue weighted by atomic mass is 10.1. The van der Waals surface area contributed by atoms with Crippen LogP contribution in [0.4, 0.5) is 11.4 Å². The first-order chi connectivity index (χ1) is 14.9. The van der Waals surface area contributed by atoms with Gasteiger partial charge in [0.2, 0.25) is 11.7 Å². The Morgan fingerprint density at radius 1 is 0.968 bits per heavy atom. The maximum absolute atomic E-state index is 12.7. The molecule has 10 heteroatoms. The highest BCUT2D eigenvalue weighted by Crippen LogP contribution is 2.47. The van der Waals surface area contributed by atoms with Crippen LogP contribution in [-0.4, -0.2) is 58.6 Å². The SMILES string of the molecule is COC(=O)c1ccccc1NC(=O)CN1C(=O)C(=O)c2c1cc(OC)c(OC)c2OC. The van der Waals surface area contributed by atoms with Crippen LogP contribution >= 0.6 is 0 Å². The smallest absolute Gasteiger partial charge is 0.339 e. The zero-order valence-corrected chi connectivity index (χ0v) is 17.3. The topological polar surface area (TPSA) is 120 Å². The minimum atomic E-state index is -0.903. The Balaban J connectivity index is 1.95. The summed E-state index contributed by atoms with van der Waals surface area (Å²) in [6.07, 6.45) is 0. The van der Waals surface area contributed by atoms with Gasteiger partial charge in [-0.1, -0.05) is 12.1 Å². The zero-order chi connectivity index (χ0) is 22.7. The van der Waals surface area contributed by atoms with Crippen molar-refractivity contribution in [3.63, 3.8) is 0 Å². The molecule has 1 N–H and O–H groups in total. The minimum absolute atomic E-state index is 0.0205. The van der Waals surface area contributed by atoms with E-state index in [4.69, 9.17) is 18.9 Å². The van der Waals surface area contributed by atoms with E-state index < -0.39 is 30.1 Å². The Bertz CT molecular complexity index is 1080. The molecule has 0 unspecified atom stereocenters. The van der Waals surface area contributed by atoms with Crippen molar-refractivity contribution in [3.05, 3.63) is 41.5 Å². The number of hydrogen-bond acceptors (Lipinski definition) is 8. The average Bonchev–Trinajstić information content (AvgIpc) is 3.01. The summed E-state index contributed by atoms with van der Waals surface area (Å²) in [5.74, 6) is -2.58. The third-order valence-electron chi connectivity index (χ3n) is 4.67. The Labute approximate surface area is 177 Å². The standard InChI is InChI=1S/C21H20N2O8/c1-28-14-9-13-16(19(30-3)18(14)29-2)17(25)20(26)23(13)10-15(24)22-12-8-6-5-7-11(12)21(27)31-4/h5-9H,10H2,1-4H3,(H,22,24). The highest BCUT2D eigenvalue weighted by Gasteiger charge is 2.42. The molecule has 162 valence electrons. The predicted octanol–water partition coefficient (Wildman–Crippen LogP) is 1.67. The molecule has 2 aromatic carbocycles. The fourth-order valence-electron chi connectivity index (χ4n) is 3.28. The number of anilines is 2. The quantitative estimate of drug-likeness (QED) is 0.522. The molecule has 0 spiro atoms. The van der Waals surface area contributed by atoms with E-state index in [0.29, 0.717) is 0 Å². The van der Waals surface area contributed by atoms with E-state index in [2.05, 4.69) is 5.32 Å². The predicted molar refractivity (Wildman–Crippen MR) is 109 cm³/mol. The number of amides is 2. The van der Waals surface area contributed by atoms with Gasteiger partial charge in [0.1, 0.15) is 6.54 Å². The van der Waals surface area contributed by atoms with Crippen LogP contribution in [0.25, 0.3) is 0 Å². The molecule has 0 fully saturated rings. The van der Waals surface area contributed by atoms with Crippen LogP contribution < -0.4 is 24.4 Å². The highest BCUT2D eigenvalue weighted by atomic mass is 16.5. The number of ketones is 1. The summed E-state index contributed by atoms with van der Waals surface area (Å²) < 4.78 is 20.5. The van der Waals surface area contributed by atoms with E-state index in [9.17, 15) is 19.2 Å². The first-order valence-electron chi connectivity index (χ1n) is 9.04. The molecule has 0 radical (unpaired) electrons. The molecule has 0 saturated carbocycles. The van der Waals surface area contributed by atoms with Crippen LogP contribution in [0.3, 0.4) is 0 Å². The van der Waals surface area contributed by atoms with Crippen molar-refractivity contribution in [2.75, 3.05) is 45.2 Å². The number of methoxy groups -OCH3 is 4. The van der Waals surface area contributed by atoms with E-state index in [1.165, 1.54) is 46.6 Å². The van der Waals surface area contributed by atoms with Crippen LogP contribution in [0.5, 0.6) is 17.2 Å². The second-order valence-electron chi connectivity index (χ2n) is 6.35. The lowest BCUT2D eigenvalue weighted by Gasteiger charge is -2.19. The first-order valence-corrected chi connectivity index (χ1v) is 9.04. The summed E-state index contributed by atoms with van der Waals surface area (Å²) in [4.78, 5) is 50.8. The van der Waals surface area contributed by atoms with Gasteiger partial charge in [-0.15, -0.1) is 0 Å². The van der Waals surface area contributed by atoms with Gasteiger partial charge in [0.25, 0.3) is 11.7 Å². The van der Waals surface area contributed by atoms with Gasteiger partial charge in [-0.25, -0.2) is 4.79 Å². The van der Waals surface area contributed by atoms with Gasteiger partial charge in [0.15, 0.2) is 11.5 Å². The van der Waals surface area contributed by atoms with E-state index in [-0.39, 0.29) is 39.8 Å². The summed E-state index contributed by atoms with van der Waals surface area (Å²) in [6, 6.07) is 7.68. The molecule has 1 aliphatic heterocycles. The molecule has 1 heterocycles. The van der Waals surface area contributed by atoms with E-state index >= 15 is 0 Å². The van der Waals surface area contributed by atoms with Crippen LogP contribution in [0, 0.1) is 0 Å². The minimum Gasteiger partial charge on any atom is -0.493 e. The molecule has 0 atom stereocenters. The van der Waals surface area contributed by atoms with Crippen molar-refractivity contribution in [3.8, 4) is 17.2 Å². The second kappa shape index (κ2) is 8.74. The summed E-state index contributed by atoms with van der Waals surface area (Å²) in [5.41, 5.74) is 0.493. The van der Waals surface area contributed by atoms with Crippen LogP contribution in [-0.2, 0) is 14.3 Å². The molecular formula is C21H20N2O8.